The Kier molecular flexibility index (Phi) is 5.32. The average molecular weight is 374 g/mol. The van der Waals surface area contributed by atoms with E-state index in [1.165, 1.54) is 30.0 Å². The Balaban J connectivity index is 1.67. The van der Waals surface area contributed by atoms with Crippen molar-refractivity contribution in [3.63, 3.8) is 0 Å². The number of rotatable bonds is 5. The molecule has 8 heteroatoms. The van der Waals surface area contributed by atoms with Crippen molar-refractivity contribution in [2.75, 3.05) is 5.32 Å². The van der Waals surface area contributed by atoms with Crippen molar-refractivity contribution in [2.45, 2.75) is 38.7 Å². The summed E-state index contributed by atoms with van der Waals surface area (Å²) in [6.07, 6.45) is 2.91. The third-order valence-corrected chi connectivity index (χ3v) is 5.38. The molecule has 136 valence electrons. The monoisotopic (exact) mass is 374 g/mol. The number of amides is 1. The Hall–Kier alpha value is -2.74. The van der Waals surface area contributed by atoms with Gasteiger partial charge in [0.15, 0.2) is 6.10 Å². The number of hydrogen-bond donors (Lipinski definition) is 1. The second kappa shape index (κ2) is 7.65. The van der Waals surface area contributed by atoms with Gasteiger partial charge in [-0.15, -0.1) is 11.3 Å². The maximum atomic E-state index is 12.4. The minimum Gasteiger partial charge on any atom is -0.449 e. The van der Waals surface area contributed by atoms with Crippen molar-refractivity contribution in [1.82, 2.24) is 0 Å². The molecule has 0 unspecified atom stereocenters. The predicted octanol–water partition coefficient (Wildman–Crippen LogP) is 3.72. The molecular weight excluding hydrogens is 356 g/mol. The van der Waals surface area contributed by atoms with Gasteiger partial charge in [-0.3, -0.25) is 14.9 Å². The summed E-state index contributed by atoms with van der Waals surface area (Å²) in [5.74, 6) is -1.15. The Morgan fingerprint density at radius 1 is 1.27 bits per heavy atom. The number of nitrogens with zero attached hydrogens (tertiary/aromatic N) is 1. The molecular formula is C18H18N2O5S. The SMILES string of the molecule is C[C@@H](OC(=O)c1csc2c1CCCC2)C(=O)Nc1ccccc1[N+](=O)[O-]. The van der Waals surface area contributed by atoms with E-state index in [0.717, 1.165) is 31.2 Å². The van der Waals surface area contributed by atoms with Gasteiger partial charge < -0.3 is 10.1 Å². The first-order valence-electron chi connectivity index (χ1n) is 8.32. The van der Waals surface area contributed by atoms with E-state index in [9.17, 15) is 19.7 Å². The zero-order chi connectivity index (χ0) is 18.7. The van der Waals surface area contributed by atoms with Crippen LogP contribution < -0.4 is 5.32 Å². The van der Waals surface area contributed by atoms with Crippen LogP contribution in [0.3, 0.4) is 0 Å². The number of thiophene rings is 1. The molecule has 2 aromatic rings. The molecule has 0 spiro atoms. The van der Waals surface area contributed by atoms with Crippen molar-refractivity contribution < 1.29 is 19.2 Å². The summed E-state index contributed by atoms with van der Waals surface area (Å²) in [4.78, 5) is 36.3. The van der Waals surface area contributed by atoms with E-state index < -0.39 is 22.9 Å². The number of hydrogen-bond acceptors (Lipinski definition) is 6. The molecule has 0 radical (unpaired) electrons. The lowest BCUT2D eigenvalue weighted by Crippen LogP contribution is -2.30. The minimum absolute atomic E-state index is 0.0679. The minimum atomic E-state index is -1.07. The van der Waals surface area contributed by atoms with E-state index >= 15 is 0 Å². The van der Waals surface area contributed by atoms with E-state index in [2.05, 4.69) is 5.32 Å². The molecule has 3 rings (SSSR count). The molecule has 1 aliphatic carbocycles. The molecule has 1 heterocycles. The summed E-state index contributed by atoms with van der Waals surface area (Å²) in [6, 6.07) is 5.82. The van der Waals surface area contributed by atoms with Gasteiger partial charge in [-0.2, -0.15) is 0 Å². The predicted molar refractivity (Wildman–Crippen MR) is 97.6 cm³/mol. The number of esters is 1. The molecule has 0 saturated heterocycles. The van der Waals surface area contributed by atoms with Crippen LogP contribution in [0.15, 0.2) is 29.6 Å². The van der Waals surface area contributed by atoms with Crippen molar-refractivity contribution in [3.05, 3.63) is 55.8 Å². The summed E-state index contributed by atoms with van der Waals surface area (Å²) in [7, 11) is 0. The number of aryl methyl sites for hydroxylation is 1. The summed E-state index contributed by atoms with van der Waals surface area (Å²) in [5, 5.41) is 15.2. The summed E-state index contributed by atoms with van der Waals surface area (Å²) in [5.41, 5.74) is 1.40. The number of anilines is 1. The summed E-state index contributed by atoms with van der Waals surface area (Å²) >= 11 is 1.55. The van der Waals surface area contributed by atoms with Gasteiger partial charge in [0.2, 0.25) is 0 Å². The molecule has 0 fully saturated rings. The fourth-order valence-electron chi connectivity index (χ4n) is 2.92. The largest absolute Gasteiger partial charge is 0.449 e. The lowest BCUT2D eigenvalue weighted by molar-refractivity contribution is -0.383. The van der Waals surface area contributed by atoms with Crippen molar-refractivity contribution in [3.8, 4) is 0 Å². The Bertz CT molecular complexity index is 861. The first kappa shape index (κ1) is 18.1. The van der Waals surface area contributed by atoms with E-state index in [1.807, 2.05) is 0 Å². The number of para-hydroxylation sites is 2. The van der Waals surface area contributed by atoms with Crippen LogP contribution in [0, 0.1) is 10.1 Å². The molecule has 0 bridgehead atoms. The molecule has 1 atom stereocenters. The average Bonchev–Trinajstić information content (AvgIpc) is 3.06. The molecule has 0 saturated carbocycles. The lowest BCUT2D eigenvalue weighted by Gasteiger charge is -2.15. The second-order valence-electron chi connectivity index (χ2n) is 6.07. The smallest absolute Gasteiger partial charge is 0.340 e. The van der Waals surface area contributed by atoms with Crippen LogP contribution in [0.4, 0.5) is 11.4 Å². The third kappa shape index (κ3) is 3.75. The Morgan fingerprint density at radius 3 is 2.77 bits per heavy atom. The van der Waals surface area contributed by atoms with Crippen LogP contribution in [0.5, 0.6) is 0 Å². The van der Waals surface area contributed by atoms with Crippen LogP contribution in [-0.2, 0) is 22.4 Å². The van der Waals surface area contributed by atoms with E-state index in [0.29, 0.717) is 5.56 Å². The zero-order valence-corrected chi connectivity index (χ0v) is 15.0. The first-order chi connectivity index (χ1) is 12.5. The van der Waals surface area contributed by atoms with Gasteiger partial charge in [-0.25, -0.2) is 4.79 Å². The first-order valence-corrected chi connectivity index (χ1v) is 9.20. The topological polar surface area (TPSA) is 98.5 Å². The second-order valence-corrected chi connectivity index (χ2v) is 7.03. The normalized spacial score (nSPS) is 14.2. The fourth-order valence-corrected chi connectivity index (χ4v) is 4.03. The molecule has 26 heavy (non-hydrogen) atoms. The lowest BCUT2D eigenvalue weighted by atomic mass is 9.96. The van der Waals surface area contributed by atoms with Crippen LogP contribution in [-0.4, -0.2) is 22.9 Å². The fraction of sp³-hybridized carbons (Fsp3) is 0.333. The summed E-state index contributed by atoms with van der Waals surface area (Å²) in [6.45, 7) is 1.45. The van der Waals surface area contributed by atoms with Crippen molar-refractivity contribution in [1.29, 1.82) is 0 Å². The highest BCUT2D eigenvalue weighted by Crippen LogP contribution is 2.31. The molecule has 1 aromatic carbocycles. The maximum Gasteiger partial charge on any atom is 0.340 e. The summed E-state index contributed by atoms with van der Waals surface area (Å²) < 4.78 is 5.28. The van der Waals surface area contributed by atoms with Crippen molar-refractivity contribution >= 4 is 34.6 Å². The van der Waals surface area contributed by atoms with Gasteiger partial charge in [-0.05, 0) is 44.2 Å². The molecule has 1 aliphatic rings. The number of ether oxygens (including phenoxy) is 1. The van der Waals surface area contributed by atoms with Crippen LogP contribution >= 0.6 is 11.3 Å². The molecule has 7 nitrogen and oxygen atoms in total. The Morgan fingerprint density at radius 2 is 2.00 bits per heavy atom. The number of benzene rings is 1. The van der Waals surface area contributed by atoms with Gasteiger partial charge in [0.25, 0.3) is 11.6 Å². The van der Waals surface area contributed by atoms with Gasteiger partial charge >= 0.3 is 5.97 Å². The van der Waals surface area contributed by atoms with Gasteiger partial charge in [0, 0.05) is 16.3 Å². The standard InChI is InChI=1S/C18H18N2O5S/c1-11(17(21)19-14-7-3-4-8-15(14)20(23)24)25-18(22)13-10-26-16-9-5-2-6-12(13)16/h3-4,7-8,10-11H,2,5-6,9H2,1H3,(H,19,21)/t11-/m1/s1. The van der Waals surface area contributed by atoms with Crippen LogP contribution in [0.25, 0.3) is 0 Å². The third-order valence-electron chi connectivity index (χ3n) is 4.29. The Labute approximate surface area is 154 Å². The maximum absolute atomic E-state index is 12.4. The van der Waals surface area contributed by atoms with E-state index in [4.69, 9.17) is 4.74 Å². The van der Waals surface area contributed by atoms with Crippen LogP contribution in [0.1, 0.15) is 40.6 Å². The zero-order valence-electron chi connectivity index (χ0n) is 14.2. The van der Waals surface area contributed by atoms with Crippen LogP contribution in [0.2, 0.25) is 0 Å². The molecule has 1 aromatic heterocycles. The number of carbonyl (C=O) groups is 2. The number of fused-ring (bicyclic) bond motifs is 1. The van der Waals surface area contributed by atoms with Gasteiger partial charge in [0.05, 0.1) is 10.5 Å². The molecule has 1 amide bonds. The number of nitro groups is 1. The van der Waals surface area contributed by atoms with Crippen molar-refractivity contribution in [2.24, 2.45) is 0 Å². The highest BCUT2D eigenvalue weighted by atomic mass is 32.1. The highest BCUT2D eigenvalue weighted by molar-refractivity contribution is 7.10. The number of nitro benzene ring substituents is 1. The highest BCUT2D eigenvalue weighted by Gasteiger charge is 2.25. The van der Waals surface area contributed by atoms with Gasteiger partial charge in [-0.1, -0.05) is 12.1 Å². The number of carbonyl (C=O) groups excluding carboxylic acids is 2. The quantitative estimate of drug-likeness (QED) is 0.488. The van der Waals surface area contributed by atoms with Gasteiger partial charge in [0.1, 0.15) is 5.69 Å². The number of nitrogens with one attached hydrogen (secondary N) is 1. The molecule has 0 aliphatic heterocycles. The van der Waals surface area contributed by atoms with E-state index in [-0.39, 0.29) is 11.4 Å². The molecule has 1 N–H and O–H groups in total. The van der Waals surface area contributed by atoms with E-state index in [1.54, 1.807) is 22.8 Å².